The van der Waals surface area contributed by atoms with Crippen molar-refractivity contribution in [2.24, 2.45) is 0 Å². The predicted octanol–water partition coefficient (Wildman–Crippen LogP) is 15.0. The van der Waals surface area contributed by atoms with Crippen LogP contribution in [0.1, 0.15) is 44.5 Å². The zero-order valence-electron chi connectivity index (χ0n) is 33.1. The van der Waals surface area contributed by atoms with Crippen LogP contribution in [0.5, 0.6) is 0 Å². The van der Waals surface area contributed by atoms with Gasteiger partial charge in [-0.05, 0) is 118 Å². The van der Waals surface area contributed by atoms with Crippen molar-refractivity contribution in [3.8, 4) is 44.0 Å². The monoisotopic (exact) mass is 789 g/mol. The van der Waals surface area contributed by atoms with Gasteiger partial charge in [-0.3, -0.25) is 0 Å². The predicted molar refractivity (Wildman–Crippen MR) is 254 cm³/mol. The number of nitrogens with zero attached hydrogens (tertiary/aromatic N) is 1. The fourth-order valence-electron chi connectivity index (χ4n) is 12.0. The lowest BCUT2D eigenvalue weighted by Gasteiger charge is -2.49. The molecule has 0 radical (unpaired) electrons. The molecule has 0 saturated carbocycles. The normalized spacial score (nSPS) is 14.5. The topological polar surface area (TPSA) is 12.9 Å². The molecule has 2 spiro atoms. The van der Waals surface area contributed by atoms with Gasteiger partial charge >= 0.3 is 0 Å². The molecule has 0 unspecified atom stereocenters. The molecule has 1 aromatic heterocycles. The van der Waals surface area contributed by atoms with Crippen LogP contribution in [-0.2, 0) is 10.8 Å². The van der Waals surface area contributed by atoms with Gasteiger partial charge in [-0.25, -0.2) is 4.98 Å². The van der Waals surface area contributed by atoms with Gasteiger partial charge in [-0.15, -0.1) is 11.3 Å². The van der Waals surface area contributed by atoms with Gasteiger partial charge in [0.2, 0.25) is 0 Å². The smallest absolute Gasteiger partial charge is 0.125 e. The molecule has 3 aliphatic rings. The minimum Gasteiger partial charge on any atom is -0.236 e. The first-order chi connectivity index (χ1) is 30.3. The summed E-state index contributed by atoms with van der Waals surface area (Å²) in [5.74, 6) is 0. The highest BCUT2D eigenvalue weighted by molar-refractivity contribution is 7.21. The number of aromatic nitrogens is 1. The molecule has 0 bridgehead atoms. The summed E-state index contributed by atoms with van der Waals surface area (Å²) in [6.07, 6.45) is 0. The Morgan fingerprint density at radius 3 is 1.18 bits per heavy atom. The summed E-state index contributed by atoms with van der Waals surface area (Å²) < 4.78 is 1.20. The lowest BCUT2D eigenvalue weighted by atomic mass is 9.52. The Morgan fingerprint density at radius 2 is 0.689 bits per heavy atom. The second kappa shape index (κ2) is 12.1. The number of rotatable bonds is 2. The summed E-state index contributed by atoms with van der Waals surface area (Å²) in [7, 11) is 0. The lowest BCUT2D eigenvalue weighted by molar-refractivity contribution is 0.633. The number of hydrogen-bond donors (Lipinski definition) is 0. The summed E-state index contributed by atoms with van der Waals surface area (Å²) >= 11 is 1.78. The van der Waals surface area contributed by atoms with Gasteiger partial charge < -0.3 is 0 Å². The van der Waals surface area contributed by atoms with Crippen LogP contribution in [0.4, 0.5) is 0 Å². The first-order valence-electron chi connectivity index (χ1n) is 21.2. The fourth-order valence-corrected chi connectivity index (χ4v) is 13.1. The first kappa shape index (κ1) is 33.4. The van der Waals surface area contributed by atoms with E-state index >= 15 is 0 Å². The minimum atomic E-state index is -0.556. The summed E-state index contributed by atoms with van der Waals surface area (Å²) in [5, 5.41) is 5.97. The van der Waals surface area contributed by atoms with E-state index in [4.69, 9.17) is 4.98 Å². The van der Waals surface area contributed by atoms with E-state index in [-0.39, 0.29) is 0 Å². The highest BCUT2D eigenvalue weighted by Gasteiger charge is 2.59. The molecular weight excluding hydrogens is 755 g/mol. The van der Waals surface area contributed by atoms with Crippen molar-refractivity contribution in [3.05, 3.63) is 257 Å². The van der Waals surface area contributed by atoms with E-state index in [9.17, 15) is 0 Å². The van der Waals surface area contributed by atoms with E-state index in [0.29, 0.717) is 0 Å². The molecule has 0 N–H and O–H groups in total. The number of fused-ring (bicyclic) bond motifs is 19. The highest BCUT2D eigenvalue weighted by Crippen LogP contribution is 2.67. The SMILES string of the molecule is c1ccc2c(c1)-c1ccccc1C21c2ccccc2C2(c3ccccc3-c3ccccc32)c2cc(-c3c4ccccc4c(-c4nc5ccccc5s4)c4ccccc34)ccc21. The maximum Gasteiger partial charge on any atom is 0.125 e. The Bertz CT molecular complexity index is 3500. The van der Waals surface area contributed by atoms with Crippen LogP contribution in [0.2, 0.25) is 0 Å². The van der Waals surface area contributed by atoms with Gasteiger partial charge in [0.25, 0.3) is 0 Å². The Labute approximate surface area is 357 Å². The third-order valence-corrected chi connectivity index (χ3v) is 15.2. The van der Waals surface area contributed by atoms with Crippen LogP contribution in [0.3, 0.4) is 0 Å². The Balaban J connectivity index is 1.15. The van der Waals surface area contributed by atoms with E-state index in [0.717, 1.165) is 10.5 Å². The van der Waals surface area contributed by atoms with E-state index in [1.165, 1.54) is 110 Å². The second-order valence-electron chi connectivity index (χ2n) is 16.8. The largest absolute Gasteiger partial charge is 0.236 e. The van der Waals surface area contributed by atoms with Crippen molar-refractivity contribution >= 4 is 43.1 Å². The van der Waals surface area contributed by atoms with E-state index in [1.807, 2.05) is 0 Å². The molecule has 0 atom stereocenters. The quantitative estimate of drug-likeness (QED) is 0.159. The number of para-hydroxylation sites is 1. The molecule has 282 valence electrons. The van der Waals surface area contributed by atoms with Crippen LogP contribution in [0.25, 0.3) is 75.7 Å². The molecule has 11 aromatic rings. The molecule has 3 aliphatic carbocycles. The maximum absolute atomic E-state index is 5.25. The number of benzene rings is 10. The molecule has 14 rings (SSSR count). The third kappa shape index (κ3) is 4.09. The second-order valence-corrected chi connectivity index (χ2v) is 17.8. The van der Waals surface area contributed by atoms with Crippen molar-refractivity contribution in [2.45, 2.75) is 10.8 Å². The van der Waals surface area contributed by atoms with Crippen LogP contribution in [-0.4, -0.2) is 4.98 Å². The van der Waals surface area contributed by atoms with E-state index in [2.05, 4.69) is 212 Å². The van der Waals surface area contributed by atoms with Gasteiger partial charge in [0.05, 0.1) is 21.0 Å². The Kier molecular flexibility index (Phi) is 6.63. The average molecular weight is 790 g/mol. The Hall–Kier alpha value is -7.39. The molecule has 10 aromatic carbocycles. The van der Waals surface area contributed by atoms with Gasteiger partial charge in [0, 0.05) is 5.56 Å². The zero-order chi connectivity index (χ0) is 39.9. The molecule has 1 heterocycles. The van der Waals surface area contributed by atoms with Crippen molar-refractivity contribution in [1.82, 2.24) is 4.98 Å². The fraction of sp³-hybridized carbons (Fsp3) is 0.0339. The molecular formula is C59H35NS. The lowest BCUT2D eigenvalue weighted by Crippen LogP contribution is -2.43. The van der Waals surface area contributed by atoms with E-state index in [1.54, 1.807) is 11.3 Å². The van der Waals surface area contributed by atoms with Crippen LogP contribution in [0.15, 0.2) is 212 Å². The van der Waals surface area contributed by atoms with Crippen LogP contribution >= 0.6 is 11.3 Å². The minimum absolute atomic E-state index is 0.518. The standard InChI is InChI=1S/C59H35NS/c1-3-23-43-41(21-1)55(42-22-2-4-24-44(42)56(43)57-60-53-31-15-16-32-54(53)61-57)36-33-34-51-52(35-36)59(47-27-11-7-19-39(47)40-20-8-12-28-48(40)59)50-30-14-13-29-49(50)58(51)45-25-9-5-17-37(45)38-18-6-10-26-46(38)58/h1-35H. The highest BCUT2D eigenvalue weighted by atomic mass is 32.1. The molecule has 2 heteroatoms. The van der Waals surface area contributed by atoms with Gasteiger partial charge in [-0.1, -0.05) is 194 Å². The van der Waals surface area contributed by atoms with Crippen LogP contribution in [0, 0.1) is 0 Å². The van der Waals surface area contributed by atoms with Gasteiger partial charge in [0.1, 0.15) is 5.01 Å². The summed E-state index contributed by atoms with van der Waals surface area (Å²) in [6, 6.07) is 80.1. The summed E-state index contributed by atoms with van der Waals surface area (Å²) in [5.41, 5.74) is 19.7. The molecule has 0 fully saturated rings. The molecule has 61 heavy (non-hydrogen) atoms. The van der Waals surface area contributed by atoms with Crippen molar-refractivity contribution in [3.63, 3.8) is 0 Å². The summed E-state index contributed by atoms with van der Waals surface area (Å²) in [4.78, 5) is 5.25. The van der Waals surface area contributed by atoms with E-state index < -0.39 is 10.8 Å². The average Bonchev–Trinajstić information content (AvgIpc) is 3.98. The molecule has 1 nitrogen and oxygen atoms in total. The van der Waals surface area contributed by atoms with Crippen LogP contribution < -0.4 is 0 Å². The van der Waals surface area contributed by atoms with Gasteiger partial charge in [0.15, 0.2) is 0 Å². The van der Waals surface area contributed by atoms with Gasteiger partial charge in [-0.2, -0.15) is 0 Å². The molecule has 0 amide bonds. The number of thiazole rings is 1. The van der Waals surface area contributed by atoms with Crippen molar-refractivity contribution in [2.75, 3.05) is 0 Å². The molecule has 0 saturated heterocycles. The Morgan fingerprint density at radius 1 is 0.311 bits per heavy atom. The summed E-state index contributed by atoms with van der Waals surface area (Å²) in [6.45, 7) is 0. The first-order valence-corrected chi connectivity index (χ1v) is 22.0. The maximum atomic E-state index is 5.25. The number of hydrogen-bond acceptors (Lipinski definition) is 2. The molecule has 0 aliphatic heterocycles. The zero-order valence-corrected chi connectivity index (χ0v) is 33.9. The third-order valence-electron chi connectivity index (χ3n) is 14.2. The van der Waals surface area contributed by atoms with Crippen molar-refractivity contribution in [1.29, 1.82) is 0 Å². The van der Waals surface area contributed by atoms with Crippen molar-refractivity contribution < 1.29 is 0 Å².